The Kier molecular flexibility index (Phi) is 4.39. The van der Waals surface area contributed by atoms with E-state index in [9.17, 15) is 9.59 Å². The molecular weight excluding hydrogens is 292 g/mol. The molecule has 1 heterocycles. The summed E-state index contributed by atoms with van der Waals surface area (Å²) >= 11 is 0. The highest BCUT2D eigenvalue weighted by atomic mass is 16.4. The van der Waals surface area contributed by atoms with Gasteiger partial charge in [0.2, 0.25) is 5.91 Å². The Labute approximate surface area is 136 Å². The van der Waals surface area contributed by atoms with Gasteiger partial charge in [-0.1, -0.05) is 36.8 Å². The van der Waals surface area contributed by atoms with Crippen LogP contribution in [0.1, 0.15) is 31.7 Å². The summed E-state index contributed by atoms with van der Waals surface area (Å²) in [6, 6.07) is 9.44. The number of rotatable bonds is 5. The van der Waals surface area contributed by atoms with Gasteiger partial charge >= 0.3 is 5.97 Å². The Morgan fingerprint density at radius 2 is 2.13 bits per heavy atom. The number of carbonyl (C=O) groups excluding carboxylic acids is 1. The van der Waals surface area contributed by atoms with Crippen molar-refractivity contribution in [3.63, 3.8) is 0 Å². The van der Waals surface area contributed by atoms with Crippen molar-refractivity contribution in [2.24, 2.45) is 11.3 Å². The molecule has 1 amide bonds. The van der Waals surface area contributed by atoms with E-state index in [1.165, 1.54) is 12.5 Å². The third-order valence-electron chi connectivity index (χ3n) is 5.36. The molecule has 1 aromatic carbocycles. The molecule has 1 aliphatic heterocycles. The standard InChI is InChI=1S/C18H24N2O3/c1-13(16(21)22)19-17(23)18-9-5-8-15(18)11-20(12-18)10-14-6-3-2-4-7-14/h2-4,6-7,13,15H,5,8-12H2,1H3,(H,19,23)(H,21,22)/t13-,15+,18+/m0/s1. The molecule has 5 heteroatoms. The summed E-state index contributed by atoms with van der Waals surface area (Å²) in [4.78, 5) is 26.1. The van der Waals surface area contributed by atoms with Gasteiger partial charge in [-0.2, -0.15) is 0 Å². The van der Waals surface area contributed by atoms with E-state index in [1.54, 1.807) is 0 Å². The average molecular weight is 316 g/mol. The normalized spacial score (nSPS) is 28.3. The Bertz CT molecular complexity index is 589. The second-order valence-corrected chi connectivity index (χ2v) is 6.93. The minimum Gasteiger partial charge on any atom is -0.480 e. The summed E-state index contributed by atoms with van der Waals surface area (Å²) in [6.07, 6.45) is 2.97. The molecule has 0 radical (unpaired) electrons. The topological polar surface area (TPSA) is 69.6 Å². The number of aliphatic carboxylic acids is 1. The van der Waals surface area contributed by atoms with Crippen molar-refractivity contribution in [2.75, 3.05) is 13.1 Å². The molecule has 0 aromatic heterocycles. The van der Waals surface area contributed by atoms with Gasteiger partial charge in [0.15, 0.2) is 0 Å². The quantitative estimate of drug-likeness (QED) is 0.870. The predicted octanol–water partition coefficient (Wildman–Crippen LogP) is 1.88. The molecule has 23 heavy (non-hydrogen) atoms. The first-order chi connectivity index (χ1) is 11.0. The van der Waals surface area contributed by atoms with Crippen LogP contribution in [0.4, 0.5) is 0 Å². The van der Waals surface area contributed by atoms with Crippen LogP contribution in [0, 0.1) is 11.3 Å². The van der Waals surface area contributed by atoms with Crippen LogP contribution in [0.25, 0.3) is 0 Å². The fourth-order valence-corrected chi connectivity index (χ4v) is 4.13. The number of carboxylic acids is 1. The van der Waals surface area contributed by atoms with Crippen molar-refractivity contribution >= 4 is 11.9 Å². The second-order valence-electron chi connectivity index (χ2n) is 6.93. The molecule has 124 valence electrons. The number of fused-ring (bicyclic) bond motifs is 1. The van der Waals surface area contributed by atoms with Gasteiger partial charge in [0.25, 0.3) is 0 Å². The van der Waals surface area contributed by atoms with E-state index in [1.807, 2.05) is 18.2 Å². The smallest absolute Gasteiger partial charge is 0.325 e. The number of carboxylic acid groups (broad SMARTS) is 1. The molecule has 1 saturated heterocycles. The third-order valence-corrected chi connectivity index (χ3v) is 5.36. The Hall–Kier alpha value is -1.88. The molecular formula is C18H24N2O3. The van der Waals surface area contributed by atoms with Crippen molar-refractivity contribution in [2.45, 2.75) is 38.8 Å². The number of likely N-dealkylation sites (tertiary alicyclic amines) is 1. The monoisotopic (exact) mass is 316 g/mol. The first-order valence-electron chi connectivity index (χ1n) is 8.31. The van der Waals surface area contributed by atoms with E-state index in [0.29, 0.717) is 5.92 Å². The first-order valence-corrected chi connectivity index (χ1v) is 8.31. The van der Waals surface area contributed by atoms with Crippen LogP contribution in [0.3, 0.4) is 0 Å². The maximum absolute atomic E-state index is 12.8. The highest BCUT2D eigenvalue weighted by molar-refractivity contribution is 5.88. The van der Waals surface area contributed by atoms with Gasteiger partial charge in [-0.05, 0) is 31.2 Å². The van der Waals surface area contributed by atoms with Crippen LogP contribution in [-0.2, 0) is 16.1 Å². The van der Waals surface area contributed by atoms with E-state index in [4.69, 9.17) is 5.11 Å². The first kappa shape index (κ1) is 16.0. The Balaban J connectivity index is 1.70. The highest BCUT2D eigenvalue weighted by Gasteiger charge is 2.54. The van der Waals surface area contributed by atoms with Crippen LogP contribution < -0.4 is 5.32 Å². The Morgan fingerprint density at radius 1 is 1.39 bits per heavy atom. The van der Waals surface area contributed by atoms with Crippen LogP contribution in [-0.4, -0.2) is 41.0 Å². The van der Waals surface area contributed by atoms with Crippen molar-refractivity contribution in [3.05, 3.63) is 35.9 Å². The highest BCUT2D eigenvalue weighted by Crippen LogP contribution is 2.49. The predicted molar refractivity (Wildman–Crippen MR) is 86.7 cm³/mol. The number of hydrogen-bond donors (Lipinski definition) is 2. The molecule has 0 spiro atoms. The number of hydrogen-bond acceptors (Lipinski definition) is 3. The van der Waals surface area contributed by atoms with E-state index in [-0.39, 0.29) is 5.91 Å². The molecule has 1 saturated carbocycles. The van der Waals surface area contributed by atoms with E-state index in [2.05, 4.69) is 22.3 Å². The molecule has 5 nitrogen and oxygen atoms in total. The van der Waals surface area contributed by atoms with Gasteiger partial charge in [0, 0.05) is 19.6 Å². The maximum Gasteiger partial charge on any atom is 0.325 e. The van der Waals surface area contributed by atoms with Crippen LogP contribution in [0.5, 0.6) is 0 Å². The van der Waals surface area contributed by atoms with E-state index in [0.717, 1.165) is 38.9 Å². The fraction of sp³-hybridized carbons (Fsp3) is 0.556. The Morgan fingerprint density at radius 3 is 2.83 bits per heavy atom. The number of nitrogens with zero attached hydrogens (tertiary/aromatic N) is 1. The largest absolute Gasteiger partial charge is 0.480 e. The fourth-order valence-electron chi connectivity index (χ4n) is 4.13. The SMILES string of the molecule is C[C@H](NC(=O)[C@@]12CCC[C@@H]1CN(Cc1ccccc1)C2)C(=O)O. The number of nitrogens with one attached hydrogen (secondary N) is 1. The van der Waals surface area contributed by atoms with Gasteiger partial charge in [0.1, 0.15) is 6.04 Å². The zero-order valence-electron chi connectivity index (χ0n) is 13.5. The summed E-state index contributed by atoms with van der Waals surface area (Å²) in [7, 11) is 0. The van der Waals surface area contributed by atoms with E-state index < -0.39 is 17.4 Å². The number of benzene rings is 1. The van der Waals surface area contributed by atoms with Crippen molar-refractivity contribution in [3.8, 4) is 0 Å². The number of amides is 1. The number of carbonyl (C=O) groups is 2. The molecule has 0 unspecified atom stereocenters. The van der Waals surface area contributed by atoms with Gasteiger partial charge in [-0.25, -0.2) is 0 Å². The lowest BCUT2D eigenvalue weighted by molar-refractivity contribution is -0.143. The van der Waals surface area contributed by atoms with Crippen LogP contribution in [0.15, 0.2) is 30.3 Å². The van der Waals surface area contributed by atoms with Crippen molar-refractivity contribution in [1.29, 1.82) is 0 Å². The molecule has 0 bridgehead atoms. The molecule has 2 N–H and O–H groups in total. The zero-order chi connectivity index (χ0) is 16.4. The lowest BCUT2D eigenvalue weighted by atomic mass is 9.79. The summed E-state index contributed by atoms with van der Waals surface area (Å²) in [5.74, 6) is -0.721. The zero-order valence-corrected chi connectivity index (χ0v) is 13.5. The van der Waals surface area contributed by atoms with Gasteiger partial charge in [-0.15, -0.1) is 0 Å². The summed E-state index contributed by atoms with van der Waals surface area (Å²) in [6.45, 7) is 4.02. The summed E-state index contributed by atoms with van der Waals surface area (Å²) in [5.41, 5.74) is 0.848. The molecule has 3 rings (SSSR count). The molecule has 1 aliphatic carbocycles. The summed E-state index contributed by atoms with van der Waals surface area (Å²) in [5, 5.41) is 11.7. The lowest BCUT2D eigenvalue weighted by Crippen LogP contribution is -2.49. The van der Waals surface area contributed by atoms with Crippen LogP contribution in [0.2, 0.25) is 0 Å². The lowest BCUT2D eigenvalue weighted by Gasteiger charge is -2.28. The average Bonchev–Trinajstić information content (AvgIpc) is 3.05. The minimum absolute atomic E-state index is 0.0783. The minimum atomic E-state index is -0.983. The molecule has 2 aliphatic rings. The summed E-state index contributed by atoms with van der Waals surface area (Å²) < 4.78 is 0. The third kappa shape index (κ3) is 3.11. The van der Waals surface area contributed by atoms with Gasteiger partial charge in [-0.3, -0.25) is 14.5 Å². The van der Waals surface area contributed by atoms with Gasteiger partial charge in [0.05, 0.1) is 5.41 Å². The van der Waals surface area contributed by atoms with Crippen LogP contribution >= 0.6 is 0 Å². The molecule has 2 fully saturated rings. The van der Waals surface area contributed by atoms with E-state index >= 15 is 0 Å². The van der Waals surface area contributed by atoms with Crippen molar-refractivity contribution < 1.29 is 14.7 Å². The maximum atomic E-state index is 12.8. The molecule has 1 aromatic rings. The van der Waals surface area contributed by atoms with Gasteiger partial charge < -0.3 is 10.4 Å². The van der Waals surface area contributed by atoms with Crippen molar-refractivity contribution in [1.82, 2.24) is 10.2 Å². The molecule has 3 atom stereocenters. The second kappa shape index (κ2) is 6.32.